The first-order valence-electron chi connectivity index (χ1n) is 6.11. The topological polar surface area (TPSA) is 42.0 Å². The largest absolute Gasteiger partial charge is 0.349 e. The van der Waals surface area contributed by atoms with Gasteiger partial charge in [-0.15, -0.1) is 0 Å². The van der Waals surface area contributed by atoms with E-state index in [0.717, 1.165) is 18.5 Å². The molecule has 0 aliphatic carbocycles. The Kier molecular flexibility index (Phi) is 5.86. The summed E-state index contributed by atoms with van der Waals surface area (Å²) in [5.74, 6) is -0.117. The average molecular weight is 267 g/mol. The lowest BCUT2D eigenvalue weighted by molar-refractivity contribution is 0.0957. The third kappa shape index (κ3) is 4.88. The Morgan fingerprint density at radius 1 is 1.44 bits per heavy atom. The van der Waals surface area contributed by atoms with Gasteiger partial charge in [0, 0.05) is 17.8 Å². The number of aryl methyl sites for hydroxylation is 1. The summed E-state index contributed by atoms with van der Waals surface area (Å²) in [6, 6.07) is 3.39. The normalized spacial score (nSPS) is 10.0. The maximum atomic E-state index is 11.9. The molecule has 0 unspecified atom stereocenters. The number of allylic oxidation sites excluding steroid dienone is 1. The van der Waals surface area contributed by atoms with Crippen LogP contribution in [0.2, 0.25) is 5.15 Å². The molecule has 0 atom stereocenters. The smallest absolute Gasteiger partial charge is 0.251 e. The van der Waals surface area contributed by atoms with Crippen molar-refractivity contribution in [2.45, 2.75) is 33.6 Å². The van der Waals surface area contributed by atoms with Crippen LogP contribution in [0.15, 0.2) is 23.8 Å². The molecule has 1 aromatic heterocycles. The summed E-state index contributed by atoms with van der Waals surface area (Å²) < 4.78 is 0. The highest BCUT2D eigenvalue weighted by Gasteiger charge is 2.08. The third-order valence-electron chi connectivity index (χ3n) is 2.39. The minimum Gasteiger partial charge on any atom is -0.349 e. The highest BCUT2D eigenvalue weighted by molar-refractivity contribution is 6.29. The molecule has 0 fully saturated rings. The van der Waals surface area contributed by atoms with Crippen LogP contribution in [0.3, 0.4) is 0 Å². The molecule has 4 heteroatoms. The van der Waals surface area contributed by atoms with Crippen LogP contribution in [0.5, 0.6) is 0 Å². The minimum atomic E-state index is -0.117. The zero-order valence-corrected chi connectivity index (χ0v) is 11.8. The summed E-state index contributed by atoms with van der Waals surface area (Å²) in [5, 5.41) is 3.19. The number of nitrogens with one attached hydrogen (secondary N) is 1. The lowest BCUT2D eigenvalue weighted by Gasteiger charge is -2.06. The van der Waals surface area contributed by atoms with E-state index in [4.69, 9.17) is 11.6 Å². The van der Waals surface area contributed by atoms with Gasteiger partial charge in [0.1, 0.15) is 5.15 Å². The SMILES string of the molecule is CCCc1cc(C(=O)NCC=C(C)C)cc(Cl)n1. The van der Waals surface area contributed by atoms with Crippen molar-refractivity contribution in [2.75, 3.05) is 6.54 Å². The molecule has 1 amide bonds. The summed E-state index contributed by atoms with van der Waals surface area (Å²) in [5.41, 5.74) is 2.60. The number of carbonyl (C=O) groups is 1. The van der Waals surface area contributed by atoms with Gasteiger partial charge in [0.15, 0.2) is 0 Å². The number of amides is 1. The third-order valence-corrected chi connectivity index (χ3v) is 2.58. The molecule has 0 radical (unpaired) electrons. The zero-order chi connectivity index (χ0) is 13.5. The van der Waals surface area contributed by atoms with E-state index in [1.54, 1.807) is 12.1 Å². The van der Waals surface area contributed by atoms with Gasteiger partial charge in [0.05, 0.1) is 0 Å². The fourth-order valence-electron chi connectivity index (χ4n) is 1.52. The van der Waals surface area contributed by atoms with Crippen molar-refractivity contribution in [3.8, 4) is 0 Å². The Hall–Kier alpha value is -1.35. The lowest BCUT2D eigenvalue weighted by Crippen LogP contribution is -2.23. The number of nitrogens with zero attached hydrogens (tertiary/aromatic N) is 1. The molecule has 0 aliphatic heterocycles. The molecule has 0 spiro atoms. The van der Waals surface area contributed by atoms with Crippen molar-refractivity contribution in [1.82, 2.24) is 10.3 Å². The van der Waals surface area contributed by atoms with Crippen LogP contribution in [0.1, 0.15) is 43.2 Å². The van der Waals surface area contributed by atoms with Gasteiger partial charge in [0.2, 0.25) is 0 Å². The number of hydrogen-bond acceptors (Lipinski definition) is 2. The van der Waals surface area contributed by atoms with E-state index in [1.807, 2.05) is 19.9 Å². The zero-order valence-electron chi connectivity index (χ0n) is 11.1. The predicted octanol–water partition coefficient (Wildman–Crippen LogP) is 3.38. The summed E-state index contributed by atoms with van der Waals surface area (Å²) in [7, 11) is 0. The lowest BCUT2D eigenvalue weighted by atomic mass is 10.1. The number of halogens is 1. The van der Waals surface area contributed by atoms with Gasteiger partial charge in [-0.3, -0.25) is 4.79 Å². The Balaban J connectivity index is 2.75. The summed E-state index contributed by atoms with van der Waals surface area (Å²) in [6.45, 7) is 6.59. The first-order valence-corrected chi connectivity index (χ1v) is 6.48. The van der Waals surface area contributed by atoms with Crippen LogP contribution in [-0.4, -0.2) is 17.4 Å². The van der Waals surface area contributed by atoms with Crippen LogP contribution >= 0.6 is 11.6 Å². The van der Waals surface area contributed by atoms with E-state index in [1.165, 1.54) is 5.57 Å². The first-order chi connectivity index (χ1) is 8.52. The highest BCUT2D eigenvalue weighted by atomic mass is 35.5. The second kappa shape index (κ2) is 7.17. The fraction of sp³-hybridized carbons (Fsp3) is 0.429. The van der Waals surface area contributed by atoms with Gasteiger partial charge in [0.25, 0.3) is 5.91 Å². The van der Waals surface area contributed by atoms with Gasteiger partial charge < -0.3 is 5.32 Å². The van der Waals surface area contributed by atoms with Gasteiger partial charge in [-0.1, -0.05) is 36.6 Å². The maximum Gasteiger partial charge on any atom is 0.251 e. The molecule has 0 aliphatic rings. The number of rotatable bonds is 5. The molecule has 1 rings (SSSR count). The molecule has 0 aromatic carbocycles. The average Bonchev–Trinajstić information content (AvgIpc) is 2.28. The van der Waals surface area contributed by atoms with E-state index in [9.17, 15) is 4.79 Å². The molecule has 98 valence electrons. The molecule has 0 saturated carbocycles. The second-order valence-corrected chi connectivity index (χ2v) is 4.80. The monoisotopic (exact) mass is 266 g/mol. The van der Waals surface area contributed by atoms with Gasteiger partial charge in [-0.2, -0.15) is 0 Å². The fourth-order valence-corrected chi connectivity index (χ4v) is 1.74. The summed E-state index contributed by atoms with van der Waals surface area (Å²) in [4.78, 5) is 16.1. The van der Waals surface area contributed by atoms with Crippen LogP contribution in [0, 0.1) is 0 Å². The van der Waals surface area contributed by atoms with Gasteiger partial charge in [-0.05, 0) is 32.4 Å². The van der Waals surface area contributed by atoms with Crippen LogP contribution in [0.4, 0.5) is 0 Å². The number of pyridine rings is 1. The molecular formula is C14H19ClN2O. The number of carbonyl (C=O) groups excluding carboxylic acids is 1. The Morgan fingerprint density at radius 2 is 2.17 bits per heavy atom. The van der Waals surface area contributed by atoms with E-state index < -0.39 is 0 Å². The van der Waals surface area contributed by atoms with Gasteiger partial charge >= 0.3 is 0 Å². The van der Waals surface area contributed by atoms with Crippen molar-refractivity contribution in [3.63, 3.8) is 0 Å². The Labute approximate surface area is 113 Å². The van der Waals surface area contributed by atoms with E-state index in [2.05, 4.69) is 17.2 Å². The predicted molar refractivity (Wildman–Crippen MR) is 75.0 cm³/mol. The van der Waals surface area contributed by atoms with Crippen molar-refractivity contribution in [1.29, 1.82) is 0 Å². The molecule has 1 aromatic rings. The first kappa shape index (κ1) is 14.7. The number of hydrogen-bond donors (Lipinski definition) is 1. The second-order valence-electron chi connectivity index (χ2n) is 4.41. The molecular weight excluding hydrogens is 248 g/mol. The molecule has 1 heterocycles. The van der Waals surface area contributed by atoms with Crippen LogP contribution in [-0.2, 0) is 6.42 Å². The van der Waals surface area contributed by atoms with Crippen molar-refractivity contribution < 1.29 is 4.79 Å². The highest BCUT2D eigenvalue weighted by Crippen LogP contribution is 2.12. The molecule has 18 heavy (non-hydrogen) atoms. The van der Waals surface area contributed by atoms with Crippen LogP contribution < -0.4 is 5.32 Å². The Morgan fingerprint density at radius 3 is 2.78 bits per heavy atom. The maximum absolute atomic E-state index is 11.9. The standard InChI is InChI=1S/C14H19ClN2O/c1-4-5-12-8-11(9-13(15)17-12)14(18)16-7-6-10(2)3/h6,8-9H,4-5,7H2,1-3H3,(H,16,18). The minimum absolute atomic E-state index is 0.117. The molecule has 0 bridgehead atoms. The van der Waals surface area contributed by atoms with Crippen molar-refractivity contribution in [2.24, 2.45) is 0 Å². The van der Waals surface area contributed by atoms with Crippen LogP contribution in [0.25, 0.3) is 0 Å². The van der Waals surface area contributed by atoms with Crippen molar-refractivity contribution >= 4 is 17.5 Å². The molecule has 0 saturated heterocycles. The quantitative estimate of drug-likeness (QED) is 0.656. The molecule has 3 nitrogen and oxygen atoms in total. The van der Waals surface area contributed by atoms with E-state index >= 15 is 0 Å². The van der Waals surface area contributed by atoms with Crippen molar-refractivity contribution in [3.05, 3.63) is 40.2 Å². The summed E-state index contributed by atoms with van der Waals surface area (Å²) in [6.07, 6.45) is 3.77. The van der Waals surface area contributed by atoms with E-state index in [-0.39, 0.29) is 5.91 Å². The summed E-state index contributed by atoms with van der Waals surface area (Å²) >= 11 is 5.91. The van der Waals surface area contributed by atoms with E-state index in [0.29, 0.717) is 17.3 Å². The number of aromatic nitrogens is 1. The Bertz CT molecular complexity index is 451. The molecule has 1 N–H and O–H groups in total. The van der Waals surface area contributed by atoms with Gasteiger partial charge in [-0.25, -0.2) is 4.98 Å².